The summed E-state index contributed by atoms with van der Waals surface area (Å²) in [6, 6.07) is 7.25. The summed E-state index contributed by atoms with van der Waals surface area (Å²) >= 11 is 0. The standard InChI is InChI=1S/C16H23N5O4/c17-13(15(23)24)11-21(14(22)12-5-2-1-3-6-12)25-10-9-20-16-18-7-4-8-19-16/h1-3,5-6,13H,4,7-11,17H2,(H,23,24)(H2,18,19,20)/t13-/m0/s1. The first-order chi connectivity index (χ1) is 12.1. The number of carbonyl (C=O) groups is 2. The van der Waals surface area contributed by atoms with Crippen molar-refractivity contribution >= 4 is 17.8 Å². The number of carboxylic acids is 1. The van der Waals surface area contributed by atoms with Gasteiger partial charge in [0, 0.05) is 25.2 Å². The summed E-state index contributed by atoms with van der Waals surface area (Å²) in [6.45, 7) is 1.95. The van der Waals surface area contributed by atoms with E-state index in [0.717, 1.165) is 24.6 Å². The van der Waals surface area contributed by atoms with E-state index in [1.165, 1.54) is 0 Å². The molecule has 136 valence electrons. The Hall–Kier alpha value is -2.65. The van der Waals surface area contributed by atoms with Crippen molar-refractivity contribution in [3.05, 3.63) is 35.9 Å². The van der Waals surface area contributed by atoms with Gasteiger partial charge in [-0.2, -0.15) is 0 Å². The molecule has 0 saturated heterocycles. The van der Waals surface area contributed by atoms with E-state index in [1.807, 2.05) is 0 Å². The minimum absolute atomic E-state index is 0.158. The van der Waals surface area contributed by atoms with Crippen LogP contribution in [0.15, 0.2) is 35.3 Å². The van der Waals surface area contributed by atoms with Crippen molar-refractivity contribution in [3.8, 4) is 0 Å². The Kier molecular flexibility index (Phi) is 7.17. The number of nitrogens with one attached hydrogen (secondary N) is 2. The third-order valence-electron chi connectivity index (χ3n) is 3.47. The zero-order valence-electron chi connectivity index (χ0n) is 13.9. The van der Waals surface area contributed by atoms with Gasteiger partial charge < -0.3 is 21.5 Å². The number of carboxylic acid groups (broad SMARTS) is 1. The molecule has 1 aliphatic heterocycles. The quantitative estimate of drug-likeness (QED) is 0.365. The van der Waals surface area contributed by atoms with Crippen LogP contribution in [0.3, 0.4) is 0 Å². The number of hydrogen-bond acceptors (Lipinski definition) is 7. The van der Waals surface area contributed by atoms with Gasteiger partial charge in [-0.25, -0.2) is 5.06 Å². The highest BCUT2D eigenvalue weighted by atomic mass is 16.7. The molecule has 9 heteroatoms. The maximum atomic E-state index is 12.5. The first-order valence-electron chi connectivity index (χ1n) is 8.08. The lowest BCUT2D eigenvalue weighted by Crippen LogP contribution is -2.46. The van der Waals surface area contributed by atoms with Crippen LogP contribution in [0.4, 0.5) is 0 Å². The molecule has 1 aromatic rings. The molecule has 5 N–H and O–H groups in total. The van der Waals surface area contributed by atoms with Gasteiger partial charge in [0.05, 0.1) is 13.2 Å². The number of rotatable bonds is 8. The molecule has 1 atom stereocenters. The molecule has 0 unspecified atom stereocenters. The van der Waals surface area contributed by atoms with Gasteiger partial charge in [-0.1, -0.05) is 18.2 Å². The highest BCUT2D eigenvalue weighted by Crippen LogP contribution is 2.06. The van der Waals surface area contributed by atoms with E-state index < -0.39 is 17.9 Å². The van der Waals surface area contributed by atoms with Crippen LogP contribution in [0.25, 0.3) is 0 Å². The van der Waals surface area contributed by atoms with Crippen molar-refractivity contribution < 1.29 is 19.5 Å². The number of aliphatic carboxylic acids is 1. The number of nitrogens with two attached hydrogens (primary N) is 1. The molecule has 1 aliphatic rings. The molecule has 0 aliphatic carbocycles. The maximum absolute atomic E-state index is 12.5. The monoisotopic (exact) mass is 349 g/mol. The van der Waals surface area contributed by atoms with Crippen molar-refractivity contribution in [3.63, 3.8) is 0 Å². The molecule has 0 bridgehead atoms. The molecule has 1 heterocycles. The van der Waals surface area contributed by atoms with Crippen LogP contribution in [-0.4, -0.2) is 66.8 Å². The number of nitrogens with zero attached hydrogens (tertiary/aromatic N) is 2. The minimum Gasteiger partial charge on any atom is -0.480 e. The Balaban J connectivity index is 1.90. The van der Waals surface area contributed by atoms with E-state index in [9.17, 15) is 9.59 Å². The average Bonchev–Trinajstić information content (AvgIpc) is 2.65. The van der Waals surface area contributed by atoms with Crippen molar-refractivity contribution in [1.82, 2.24) is 15.7 Å². The minimum atomic E-state index is -1.23. The van der Waals surface area contributed by atoms with E-state index >= 15 is 0 Å². The van der Waals surface area contributed by atoms with Crippen LogP contribution in [0, 0.1) is 0 Å². The summed E-state index contributed by atoms with van der Waals surface area (Å²) < 4.78 is 0. The number of benzene rings is 1. The summed E-state index contributed by atoms with van der Waals surface area (Å²) in [5.74, 6) is -0.947. The van der Waals surface area contributed by atoms with E-state index in [-0.39, 0.29) is 13.2 Å². The van der Waals surface area contributed by atoms with Crippen molar-refractivity contribution in [2.45, 2.75) is 12.5 Å². The van der Waals surface area contributed by atoms with Crippen LogP contribution < -0.4 is 16.4 Å². The molecular weight excluding hydrogens is 326 g/mol. The molecule has 1 aromatic carbocycles. The molecule has 0 saturated carbocycles. The third-order valence-corrected chi connectivity index (χ3v) is 3.47. The molecule has 0 radical (unpaired) electrons. The van der Waals surface area contributed by atoms with Gasteiger partial charge >= 0.3 is 5.97 Å². The summed E-state index contributed by atoms with van der Waals surface area (Å²) in [7, 11) is 0. The lowest BCUT2D eigenvalue weighted by molar-refractivity contribution is -0.147. The molecule has 1 amide bonds. The normalized spacial score (nSPS) is 14.8. The number of hydroxylamine groups is 2. The summed E-state index contributed by atoms with van der Waals surface area (Å²) in [6.07, 6.45) is 0.994. The van der Waals surface area contributed by atoms with Gasteiger partial charge in [-0.15, -0.1) is 0 Å². The van der Waals surface area contributed by atoms with Gasteiger partial charge in [0.1, 0.15) is 6.04 Å². The zero-order valence-corrected chi connectivity index (χ0v) is 13.9. The third kappa shape index (κ3) is 6.05. The Morgan fingerprint density at radius 2 is 2.16 bits per heavy atom. The summed E-state index contributed by atoms with van der Waals surface area (Å²) in [5.41, 5.74) is 5.93. The van der Waals surface area contributed by atoms with Crippen LogP contribution in [-0.2, 0) is 9.63 Å². The van der Waals surface area contributed by atoms with E-state index in [2.05, 4.69) is 15.6 Å². The predicted molar refractivity (Wildman–Crippen MR) is 92.0 cm³/mol. The Morgan fingerprint density at radius 1 is 1.40 bits per heavy atom. The number of carbonyl (C=O) groups excluding carboxylic acids is 1. The van der Waals surface area contributed by atoms with Crippen LogP contribution in [0.5, 0.6) is 0 Å². The topological polar surface area (TPSA) is 129 Å². The largest absolute Gasteiger partial charge is 0.480 e. The van der Waals surface area contributed by atoms with Gasteiger partial charge in [0.2, 0.25) is 0 Å². The number of amides is 1. The second-order valence-corrected chi connectivity index (χ2v) is 5.45. The zero-order chi connectivity index (χ0) is 18.1. The fourth-order valence-corrected chi connectivity index (χ4v) is 2.15. The first kappa shape index (κ1) is 18.7. The van der Waals surface area contributed by atoms with Crippen molar-refractivity contribution in [2.75, 3.05) is 32.8 Å². The van der Waals surface area contributed by atoms with Gasteiger partial charge in [0.25, 0.3) is 5.91 Å². The highest BCUT2D eigenvalue weighted by molar-refractivity contribution is 5.93. The Morgan fingerprint density at radius 3 is 2.80 bits per heavy atom. The van der Waals surface area contributed by atoms with Crippen LogP contribution in [0.1, 0.15) is 16.8 Å². The maximum Gasteiger partial charge on any atom is 0.322 e. The van der Waals surface area contributed by atoms with Crippen LogP contribution >= 0.6 is 0 Å². The van der Waals surface area contributed by atoms with Crippen molar-refractivity contribution in [2.24, 2.45) is 10.7 Å². The van der Waals surface area contributed by atoms with Crippen LogP contribution in [0.2, 0.25) is 0 Å². The molecular formula is C16H23N5O4. The smallest absolute Gasteiger partial charge is 0.322 e. The predicted octanol–water partition coefficient (Wildman–Crippen LogP) is -0.589. The molecule has 0 fully saturated rings. The number of guanidine groups is 1. The van der Waals surface area contributed by atoms with Gasteiger partial charge in [-0.3, -0.25) is 19.4 Å². The lowest BCUT2D eigenvalue weighted by atomic mass is 10.2. The van der Waals surface area contributed by atoms with E-state index in [4.69, 9.17) is 15.7 Å². The van der Waals surface area contributed by atoms with E-state index in [1.54, 1.807) is 30.3 Å². The second-order valence-electron chi connectivity index (χ2n) is 5.45. The first-order valence-corrected chi connectivity index (χ1v) is 8.08. The van der Waals surface area contributed by atoms with E-state index in [0.29, 0.717) is 18.1 Å². The number of aliphatic imine (C=N–C) groups is 1. The van der Waals surface area contributed by atoms with Gasteiger partial charge in [0.15, 0.2) is 5.96 Å². The highest BCUT2D eigenvalue weighted by Gasteiger charge is 2.23. The number of hydrogen-bond donors (Lipinski definition) is 4. The summed E-state index contributed by atoms with van der Waals surface area (Å²) in [5, 5.41) is 16.1. The SMILES string of the molecule is N[C@@H](CN(OCCNC1=NCCCN1)C(=O)c1ccccc1)C(=O)O. The molecule has 2 rings (SSSR count). The van der Waals surface area contributed by atoms with Gasteiger partial charge in [-0.05, 0) is 18.6 Å². The molecule has 9 nitrogen and oxygen atoms in total. The molecule has 0 spiro atoms. The fraction of sp³-hybridized carbons (Fsp3) is 0.438. The summed E-state index contributed by atoms with van der Waals surface area (Å²) in [4.78, 5) is 33.2. The Bertz CT molecular complexity index is 608. The Labute approximate surface area is 145 Å². The average molecular weight is 349 g/mol. The fourth-order valence-electron chi connectivity index (χ4n) is 2.15. The second kappa shape index (κ2) is 9.60. The molecule has 25 heavy (non-hydrogen) atoms. The van der Waals surface area contributed by atoms with Crippen molar-refractivity contribution in [1.29, 1.82) is 0 Å². The molecule has 0 aromatic heterocycles. The lowest BCUT2D eigenvalue weighted by Gasteiger charge is -2.24.